The van der Waals surface area contributed by atoms with Crippen LogP contribution in [0.15, 0.2) is 65.3 Å². The first-order valence-electron chi connectivity index (χ1n) is 9.82. The maximum Gasteiger partial charge on any atom is 0.449 e. The molecule has 0 aliphatic heterocycles. The smallest absolute Gasteiger partial charge is 0.449 e. The molecule has 182 valence electrons. The molecule has 0 spiro atoms. The van der Waals surface area contributed by atoms with Gasteiger partial charge in [0.15, 0.2) is 5.76 Å². The van der Waals surface area contributed by atoms with E-state index in [2.05, 4.69) is 10.3 Å². The molecule has 2 N–H and O–H groups in total. The van der Waals surface area contributed by atoms with Crippen LogP contribution in [0.1, 0.15) is 21.9 Å². The van der Waals surface area contributed by atoms with Crippen molar-refractivity contribution in [2.75, 3.05) is 10.6 Å². The number of hydrogen-bond donors (Lipinski definition) is 2. The summed E-state index contributed by atoms with van der Waals surface area (Å²) in [5, 5.41) is 4.24. The molecule has 7 nitrogen and oxygen atoms in total. The van der Waals surface area contributed by atoms with Crippen LogP contribution in [0, 0.1) is 0 Å². The van der Waals surface area contributed by atoms with Gasteiger partial charge in [0.1, 0.15) is 6.54 Å². The number of imidazole rings is 1. The Bertz CT molecular complexity index is 1390. The van der Waals surface area contributed by atoms with E-state index < -0.39 is 47.8 Å². The lowest BCUT2D eigenvalue weighted by Crippen LogP contribution is -2.24. The summed E-state index contributed by atoms with van der Waals surface area (Å²) in [7, 11) is 0. The zero-order chi connectivity index (χ0) is 25.4. The minimum atomic E-state index is -4.95. The van der Waals surface area contributed by atoms with E-state index in [0.717, 1.165) is 12.1 Å². The van der Waals surface area contributed by atoms with Gasteiger partial charge < -0.3 is 19.6 Å². The maximum atomic E-state index is 13.6. The van der Waals surface area contributed by atoms with E-state index in [9.17, 15) is 35.9 Å². The molecular formula is C22H14F6N4O3. The predicted molar refractivity (Wildman–Crippen MR) is 111 cm³/mol. The van der Waals surface area contributed by atoms with Crippen LogP contribution < -0.4 is 10.6 Å². The first kappa shape index (κ1) is 23.9. The molecule has 4 aromatic rings. The molecule has 35 heavy (non-hydrogen) atoms. The van der Waals surface area contributed by atoms with Crippen molar-refractivity contribution in [1.29, 1.82) is 0 Å². The lowest BCUT2D eigenvalue weighted by atomic mass is 10.1. The molecular weight excluding hydrogens is 482 g/mol. The Hall–Kier alpha value is -4.29. The fraction of sp³-hybridized carbons (Fsp3) is 0.136. The summed E-state index contributed by atoms with van der Waals surface area (Å²) < 4.78 is 86.7. The summed E-state index contributed by atoms with van der Waals surface area (Å²) in [4.78, 5) is 28.1. The van der Waals surface area contributed by atoms with Gasteiger partial charge in [-0.15, -0.1) is 0 Å². The zero-order valence-corrected chi connectivity index (χ0v) is 17.4. The number of carbonyl (C=O) groups is 2. The summed E-state index contributed by atoms with van der Waals surface area (Å²) in [6, 6.07) is 10.8. The molecule has 0 bridgehead atoms. The highest BCUT2D eigenvalue weighted by Crippen LogP contribution is 2.37. The van der Waals surface area contributed by atoms with Gasteiger partial charge in [0.2, 0.25) is 11.7 Å². The molecule has 0 saturated carbocycles. The summed E-state index contributed by atoms with van der Waals surface area (Å²) in [5.74, 6) is -3.44. The second kappa shape index (κ2) is 8.81. The van der Waals surface area contributed by atoms with Crippen LogP contribution in [0.25, 0.3) is 11.0 Å². The first-order valence-corrected chi connectivity index (χ1v) is 9.82. The highest BCUT2D eigenvalue weighted by Gasteiger charge is 2.38. The SMILES string of the molecule is O=C(Cn1c(C(F)(F)F)nc2ccccc21)Nc1ccc(NC(=O)c2ccco2)cc1C(F)(F)F. The van der Waals surface area contributed by atoms with Gasteiger partial charge in [-0.1, -0.05) is 12.1 Å². The monoisotopic (exact) mass is 496 g/mol. The van der Waals surface area contributed by atoms with Crippen molar-refractivity contribution in [3.05, 3.63) is 78.0 Å². The third kappa shape index (κ3) is 5.13. The largest absolute Gasteiger partial charge is 0.459 e. The van der Waals surface area contributed by atoms with Crippen molar-refractivity contribution in [3.63, 3.8) is 0 Å². The molecule has 2 amide bonds. The Kier molecular flexibility index (Phi) is 6.01. The summed E-state index contributed by atoms with van der Waals surface area (Å²) in [5.41, 5.74) is -2.29. The average Bonchev–Trinajstić information content (AvgIpc) is 3.43. The van der Waals surface area contributed by atoms with Crippen molar-refractivity contribution in [2.45, 2.75) is 18.9 Å². The van der Waals surface area contributed by atoms with Gasteiger partial charge in [0.05, 0.1) is 28.5 Å². The minimum Gasteiger partial charge on any atom is -0.459 e. The topological polar surface area (TPSA) is 89.2 Å². The van der Waals surface area contributed by atoms with Crippen LogP contribution in [-0.4, -0.2) is 21.4 Å². The summed E-state index contributed by atoms with van der Waals surface area (Å²) >= 11 is 0. The molecule has 0 radical (unpaired) electrons. The van der Waals surface area contributed by atoms with E-state index in [1.54, 1.807) is 0 Å². The van der Waals surface area contributed by atoms with Gasteiger partial charge in [-0.05, 0) is 42.5 Å². The number of aromatic nitrogens is 2. The van der Waals surface area contributed by atoms with Crippen LogP contribution in [0.2, 0.25) is 0 Å². The highest BCUT2D eigenvalue weighted by molar-refractivity contribution is 6.02. The van der Waals surface area contributed by atoms with E-state index in [-0.39, 0.29) is 22.5 Å². The number of furan rings is 1. The number of amides is 2. The molecule has 0 saturated heterocycles. The molecule has 2 heterocycles. The third-order valence-electron chi connectivity index (χ3n) is 4.81. The van der Waals surface area contributed by atoms with E-state index >= 15 is 0 Å². The van der Waals surface area contributed by atoms with Crippen molar-refractivity contribution < 1.29 is 40.3 Å². The highest BCUT2D eigenvalue weighted by atomic mass is 19.4. The fourth-order valence-electron chi connectivity index (χ4n) is 3.35. The number of nitrogens with zero attached hydrogens (tertiary/aromatic N) is 2. The molecule has 0 fully saturated rings. The van der Waals surface area contributed by atoms with Gasteiger partial charge in [-0.25, -0.2) is 4.98 Å². The van der Waals surface area contributed by atoms with E-state index in [0.29, 0.717) is 10.6 Å². The average molecular weight is 496 g/mol. The maximum absolute atomic E-state index is 13.6. The quantitative estimate of drug-likeness (QED) is 0.354. The predicted octanol–water partition coefficient (Wildman–Crippen LogP) is 5.56. The number of carbonyl (C=O) groups excluding carboxylic acids is 2. The van der Waals surface area contributed by atoms with Crippen LogP contribution in [0.3, 0.4) is 0 Å². The van der Waals surface area contributed by atoms with E-state index in [1.165, 1.54) is 42.7 Å². The number of halogens is 6. The molecule has 0 aliphatic rings. The Morgan fingerprint density at radius 3 is 2.31 bits per heavy atom. The normalized spacial score (nSPS) is 12.1. The Morgan fingerprint density at radius 1 is 0.914 bits per heavy atom. The van der Waals surface area contributed by atoms with Crippen molar-refractivity contribution >= 4 is 34.2 Å². The van der Waals surface area contributed by atoms with E-state index in [1.807, 2.05) is 5.32 Å². The summed E-state index contributed by atoms with van der Waals surface area (Å²) in [6.45, 7) is -0.941. The molecule has 0 atom stereocenters. The van der Waals surface area contributed by atoms with Gasteiger partial charge in [-0.2, -0.15) is 26.3 Å². The molecule has 0 aliphatic carbocycles. The molecule has 2 aromatic heterocycles. The van der Waals surface area contributed by atoms with Crippen LogP contribution in [-0.2, 0) is 23.7 Å². The number of para-hydroxylation sites is 2. The number of hydrogen-bond acceptors (Lipinski definition) is 4. The molecule has 0 unspecified atom stereocenters. The number of anilines is 2. The van der Waals surface area contributed by atoms with Crippen LogP contribution in [0.4, 0.5) is 37.7 Å². The number of nitrogens with one attached hydrogen (secondary N) is 2. The number of alkyl halides is 6. The third-order valence-corrected chi connectivity index (χ3v) is 4.81. The number of benzene rings is 2. The minimum absolute atomic E-state index is 0.0120. The molecule has 13 heteroatoms. The number of fused-ring (bicyclic) bond motifs is 1. The van der Waals surface area contributed by atoms with Gasteiger partial charge >= 0.3 is 12.4 Å². The van der Waals surface area contributed by atoms with Gasteiger partial charge in [0, 0.05) is 5.69 Å². The van der Waals surface area contributed by atoms with E-state index in [4.69, 9.17) is 4.42 Å². The van der Waals surface area contributed by atoms with Crippen molar-refractivity contribution in [3.8, 4) is 0 Å². The Balaban J connectivity index is 1.61. The second-order valence-electron chi connectivity index (χ2n) is 7.25. The Morgan fingerprint density at radius 2 is 1.66 bits per heavy atom. The lowest BCUT2D eigenvalue weighted by molar-refractivity contribution is -0.147. The second-order valence-corrected chi connectivity index (χ2v) is 7.25. The fourth-order valence-corrected chi connectivity index (χ4v) is 3.35. The van der Waals surface area contributed by atoms with Crippen molar-refractivity contribution in [1.82, 2.24) is 9.55 Å². The van der Waals surface area contributed by atoms with Gasteiger partial charge in [-0.3, -0.25) is 9.59 Å². The van der Waals surface area contributed by atoms with Gasteiger partial charge in [0.25, 0.3) is 5.91 Å². The molecule has 2 aromatic carbocycles. The van der Waals surface area contributed by atoms with Crippen LogP contribution >= 0.6 is 0 Å². The first-order chi connectivity index (χ1) is 16.4. The number of rotatable bonds is 5. The van der Waals surface area contributed by atoms with Crippen molar-refractivity contribution in [2.24, 2.45) is 0 Å². The lowest BCUT2D eigenvalue weighted by Gasteiger charge is -2.16. The molecule has 4 rings (SSSR count). The zero-order valence-electron chi connectivity index (χ0n) is 17.4. The standard InChI is InChI=1S/C22H14F6N4O3/c23-21(24,25)13-10-12(29-19(34)17-6-3-9-35-17)7-8-14(13)30-18(33)11-32-16-5-2-1-4-15(16)31-20(32)22(26,27)28/h1-10H,11H2,(H,29,34)(H,30,33). The Labute approximate surface area is 192 Å². The van der Waals surface area contributed by atoms with Crippen LogP contribution in [0.5, 0.6) is 0 Å². The summed E-state index contributed by atoms with van der Waals surface area (Å²) in [6.07, 6.45) is -8.64.